The first kappa shape index (κ1) is 21.9. The highest BCUT2D eigenvalue weighted by molar-refractivity contribution is 7.89. The van der Waals surface area contributed by atoms with Crippen LogP contribution in [-0.4, -0.2) is 67.0 Å². The van der Waals surface area contributed by atoms with E-state index < -0.39 is 10.0 Å². The Morgan fingerprint density at radius 1 is 1.10 bits per heavy atom. The van der Waals surface area contributed by atoms with Gasteiger partial charge in [0.1, 0.15) is 5.01 Å². The number of benzene rings is 2. The molecule has 1 saturated heterocycles. The largest absolute Gasteiger partial charge is 0.325 e. The third kappa shape index (κ3) is 5.12. The molecule has 7 nitrogen and oxygen atoms in total. The minimum Gasteiger partial charge on any atom is -0.325 e. The number of nitrogens with zero attached hydrogens (tertiary/aromatic N) is 3. The Kier molecular flexibility index (Phi) is 6.38. The summed E-state index contributed by atoms with van der Waals surface area (Å²) in [7, 11) is -3.16. The van der Waals surface area contributed by atoms with Crippen LogP contribution in [0.15, 0.2) is 42.5 Å². The van der Waals surface area contributed by atoms with Crippen LogP contribution in [0, 0.1) is 6.92 Å². The summed E-state index contributed by atoms with van der Waals surface area (Å²) in [6.07, 6.45) is 0. The Balaban J connectivity index is 1.33. The number of aryl methyl sites for hydroxylation is 1. The Bertz CT molecular complexity index is 1180. The summed E-state index contributed by atoms with van der Waals surface area (Å²) in [5, 5.41) is 3.88. The van der Waals surface area contributed by atoms with Gasteiger partial charge >= 0.3 is 0 Å². The van der Waals surface area contributed by atoms with E-state index in [4.69, 9.17) is 4.98 Å². The maximum absolute atomic E-state index is 12.4. The molecular formula is C22H26N4O3S2. The number of anilines is 1. The second-order valence-electron chi connectivity index (χ2n) is 7.69. The first-order chi connectivity index (χ1) is 14.8. The topological polar surface area (TPSA) is 82.6 Å². The zero-order valence-electron chi connectivity index (χ0n) is 17.7. The zero-order valence-corrected chi connectivity index (χ0v) is 19.3. The lowest BCUT2D eigenvalue weighted by Crippen LogP contribution is -2.50. The van der Waals surface area contributed by atoms with E-state index in [1.807, 2.05) is 35.2 Å². The van der Waals surface area contributed by atoms with Crippen molar-refractivity contribution >= 4 is 43.2 Å². The fraction of sp³-hybridized carbons (Fsp3) is 0.364. The van der Waals surface area contributed by atoms with Gasteiger partial charge < -0.3 is 5.32 Å². The van der Waals surface area contributed by atoms with Gasteiger partial charge in [-0.05, 0) is 55.8 Å². The van der Waals surface area contributed by atoms with Crippen LogP contribution in [0.4, 0.5) is 5.69 Å². The molecule has 2 aromatic carbocycles. The van der Waals surface area contributed by atoms with Crippen molar-refractivity contribution in [2.45, 2.75) is 13.8 Å². The highest BCUT2D eigenvalue weighted by atomic mass is 32.2. The van der Waals surface area contributed by atoms with Gasteiger partial charge in [-0.1, -0.05) is 6.07 Å². The molecular weight excluding hydrogens is 432 g/mol. The molecule has 1 aliphatic heterocycles. The number of hydrogen-bond acceptors (Lipinski definition) is 6. The predicted molar refractivity (Wildman–Crippen MR) is 126 cm³/mol. The van der Waals surface area contributed by atoms with Crippen molar-refractivity contribution in [1.29, 1.82) is 0 Å². The van der Waals surface area contributed by atoms with E-state index in [0.717, 1.165) is 21.8 Å². The van der Waals surface area contributed by atoms with Crippen LogP contribution in [0.3, 0.4) is 0 Å². The van der Waals surface area contributed by atoms with Crippen molar-refractivity contribution in [3.63, 3.8) is 0 Å². The molecule has 0 unspecified atom stereocenters. The number of sulfonamides is 1. The average Bonchev–Trinajstić information content (AvgIpc) is 3.17. The summed E-state index contributed by atoms with van der Waals surface area (Å²) in [5.74, 6) is 0.00941. The number of amides is 1. The molecule has 3 aromatic rings. The van der Waals surface area contributed by atoms with Crippen molar-refractivity contribution in [1.82, 2.24) is 14.2 Å². The number of fused-ring (bicyclic) bond motifs is 1. The van der Waals surface area contributed by atoms with E-state index in [9.17, 15) is 13.2 Å². The molecule has 1 N–H and O–H groups in total. The van der Waals surface area contributed by atoms with E-state index >= 15 is 0 Å². The lowest BCUT2D eigenvalue weighted by Gasteiger charge is -2.33. The van der Waals surface area contributed by atoms with Gasteiger partial charge in [0, 0.05) is 37.4 Å². The molecule has 0 bridgehead atoms. The molecule has 0 saturated carbocycles. The van der Waals surface area contributed by atoms with Gasteiger partial charge in [0.15, 0.2) is 0 Å². The second-order valence-corrected chi connectivity index (χ2v) is 11.0. The van der Waals surface area contributed by atoms with E-state index in [1.54, 1.807) is 18.3 Å². The molecule has 164 valence electrons. The van der Waals surface area contributed by atoms with Crippen molar-refractivity contribution < 1.29 is 13.2 Å². The third-order valence-corrected chi connectivity index (χ3v) is 8.36. The first-order valence-corrected chi connectivity index (χ1v) is 12.7. The van der Waals surface area contributed by atoms with E-state index in [-0.39, 0.29) is 18.2 Å². The fourth-order valence-corrected chi connectivity index (χ4v) is 5.76. The average molecular weight is 459 g/mol. The van der Waals surface area contributed by atoms with E-state index in [1.165, 1.54) is 14.6 Å². The summed E-state index contributed by atoms with van der Waals surface area (Å²) in [6.45, 7) is 5.95. The predicted octanol–water partition coefficient (Wildman–Crippen LogP) is 3.18. The normalized spacial score (nSPS) is 15.9. The molecule has 0 aliphatic carbocycles. The molecule has 0 radical (unpaired) electrons. The first-order valence-electron chi connectivity index (χ1n) is 10.3. The van der Waals surface area contributed by atoms with Crippen molar-refractivity contribution in [2.75, 3.05) is 43.8 Å². The molecule has 4 rings (SSSR count). The lowest BCUT2D eigenvalue weighted by molar-refractivity contribution is -0.117. The lowest BCUT2D eigenvalue weighted by atomic mass is 10.2. The van der Waals surface area contributed by atoms with Crippen LogP contribution in [0.2, 0.25) is 0 Å². The van der Waals surface area contributed by atoms with Crippen LogP contribution < -0.4 is 5.32 Å². The maximum atomic E-state index is 12.4. The molecule has 1 aliphatic rings. The van der Waals surface area contributed by atoms with Crippen molar-refractivity contribution in [3.05, 3.63) is 48.0 Å². The number of piperazine rings is 1. The summed E-state index contributed by atoms with van der Waals surface area (Å²) in [6, 6.07) is 13.9. The van der Waals surface area contributed by atoms with Gasteiger partial charge in [0.05, 0.1) is 22.5 Å². The van der Waals surface area contributed by atoms with Crippen LogP contribution in [0.25, 0.3) is 20.8 Å². The van der Waals surface area contributed by atoms with E-state index in [0.29, 0.717) is 26.2 Å². The van der Waals surface area contributed by atoms with Gasteiger partial charge in [-0.3, -0.25) is 9.69 Å². The van der Waals surface area contributed by atoms with Crippen molar-refractivity contribution in [2.24, 2.45) is 0 Å². The maximum Gasteiger partial charge on any atom is 0.238 e. The monoisotopic (exact) mass is 458 g/mol. The molecule has 31 heavy (non-hydrogen) atoms. The van der Waals surface area contributed by atoms with E-state index in [2.05, 4.69) is 24.4 Å². The Labute approximate surface area is 186 Å². The van der Waals surface area contributed by atoms with Gasteiger partial charge in [0.2, 0.25) is 15.9 Å². The fourth-order valence-electron chi connectivity index (χ4n) is 3.60. The summed E-state index contributed by atoms with van der Waals surface area (Å²) >= 11 is 1.66. The summed E-state index contributed by atoms with van der Waals surface area (Å²) < 4.78 is 26.6. The van der Waals surface area contributed by atoms with Gasteiger partial charge in [-0.25, -0.2) is 13.4 Å². The number of hydrogen-bond donors (Lipinski definition) is 1. The van der Waals surface area contributed by atoms with Crippen LogP contribution in [0.5, 0.6) is 0 Å². The number of carbonyl (C=O) groups excluding carboxylic acids is 1. The highest BCUT2D eigenvalue weighted by Gasteiger charge is 2.26. The molecule has 2 heterocycles. The van der Waals surface area contributed by atoms with Crippen LogP contribution in [0.1, 0.15) is 12.5 Å². The molecule has 0 atom stereocenters. The summed E-state index contributed by atoms with van der Waals surface area (Å²) in [4.78, 5) is 19.1. The van der Waals surface area contributed by atoms with Crippen molar-refractivity contribution in [3.8, 4) is 10.6 Å². The third-order valence-electron chi connectivity index (χ3n) is 5.42. The highest BCUT2D eigenvalue weighted by Crippen LogP contribution is 2.31. The Morgan fingerprint density at radius 2 is 1.81 bits per heavy atom. The molecule has 1 fully saturated rings. The molecule has 1 amide bonds. The molecule has 9 heteroatoms. The smallest absolute Gasteiger partial charge is 0.238 e. The number of aromatic nitrogens is 1. The Hall–Kier alpha value is -2.33. The quantitative estimate of drug-likeness (QED) is 0.614. The summed E-state index contributed by atoms with van der Waals surface area (Å²) in [5.41, 5.74) is 3.96. The van der Waals surface area contributed by atoms with Crippen LogP contribution in [-0.2, 0) is 14.8 Å². The standard InChI is InChI=1S/C22H26N4O3S2/c1-3-31(28,29)26-12-10-25(11-13-26)15-21(27)23-18-7-5-17(6-8-18)22-24-19-9-4-16(2)14-20(19)30-22/h4-9,14H,3,10-13,15H2,1-2H3,(H,23,27). The zero-order chi connectivity index (χ0) is 22.0. The molecule has 0 spiro atoms. The van der Waals surface area contributed by atoms with Crippen LogP contribution >= 0.6 is 11.3 Å². The SMILES string of the molecule is CCS(=O)(=O)N1CCN(CC(=O)Nc2ccc(-c3nc4ccc(C)cc4s3)cc2)CC1. The number of thiazole rings is 1. The Morgan fingerprint density at radius 3 is 2.48 bits per heavy atom. The van der Waals surface area contributed by atoms with Gasteiger partial charge in [-0.15, -0.1) is 11.3 Å². The van der Waals surface area contributed by atoms with Gasteiger partial charge in [-0.2, -0.15) is 4.31 Å². The molecule has 1 aromatic heterocycles. The second kappa shape index (κ2) is 9.04. The number of nitrogens with one attached hydrogen (secondary N) is 1. The number of carbonyl (C=O) groups is 1. The number of rotatable bonds is 6. The van der Waals surface area contributed by atoms with Gasteiger partial charge in [0.25, 0.3) is 0 Å². The minimum atomic E-state index is -3.16. The minimum absolute atomic E-state index is 0.102.